The molecular weight excluding hydrogens is 377 g/mol. The molecule has 4 aromatic rings. The summed E-state index contributed by atoms with van der Waals surface area (Å²) in [6.07, 6.45) is 3.55. The summed E-state index contributed by atoms with van der Waals surface area (Å²) in [5.41, 5.74) is 4.84. The maximum Gasteiger partial charge on any atom is 0.250 e. The number of nitrogens with zero attached hydrogens (tertiary/aromatic N) is 3. The van der Waals surface area contributed by atoms with E-state index in [1.165, 1.54) is 12.1 Å². The average Bonchev–Trinajstić information content (AvgIpc) is 3.23. The fraction of sp³-hybridized carbons (Fsp3) is 0.120. The summed E-state index contributed by atoms with van der Waals surface area (Å²) in [5, 5.41) is 0. The number of amides is 1. The number of benzene rings is 3. The van der Waals surface area contributed by atoms with Crippen LogP contribution in [0.5, 0.6) is 0 Å². The Balaban J connectivity index is 1.52. The molecule has 30 heavy (non-hydrogen) atoms. The SMILES string of the molecule is O=C1C(c2cccc(-c3ccc(F)cc3)c2)n2cncc2CN1Cc1ccccc1. The van der Waals surface area contributed by atoms with Gasteiger partial charge in [-0.2, -0.15) is 0 Å². The summed E-state index contributed by atoms with van der Waals surface area (Å²) in [4.78, 5) is 19.7. The number of carbonyl (C=O) groups excluding carboxylic acids is 1. The van der Waals surface area contributed by atoms with Gasteiger partial charge < -0.3 is 9.47 Å². The molecule has 1 amide bonds. The zero-order valence-electron chi connectivity index (χ0n) is 16.3. The number of carbonyl (C=O) groups is 1. The minimum Gasteiger partial charge on any atom is -0.330 e. The molecule has 0 N–H and O–H groups in total. The first kappa shape index (κ1) is 18.3. The second kappa shape index (κ2) is 7.59. The standard InChI is InChI=1S/C25H20FN3O/c26-22-11-9-19(10-12-22)20-7-4-8-21(13-20)24-25(30)28(15-18-5-2-1-3-6-18)16-23-14-27-17-29(23)24/h1-14,17,24H,15-16H2. The molecule has 0 saturated heterocycles. The largest absolute Gasteiger partial charge is 0.330 e. The van der Waals surface area contributed by atoms with Crippen LogP contribution in [0.25, 0.3) is 11.1 Å². The number of hydrogen-bond donors (Lipinski definition) is 0. The van der Waals surface area contributed by atoms with Gasteiger partial charge in [0.25, 0.3) is 5.91 Å². The van der Waals surface area contributed by atoms with Crippen molar-refractivity contribution in [2.24, 2.45) is 0 Å². The summed E-state index contributed by atoms with van der Waals surface area (Å²) in [7, 11) is 0. The Kier molecular flexibility index (Phi) is 4.64. The van der Waals surface area contributed by atoms with Crippen molar-refractivity contribution in [2.45, 2.75) is 19.1 Å². The van der Waals surface area contributed by atoms with E-state index in [0.717, 1.165) is 27.9 Å². The first-order chi connectivity index (χ1) is 14.7. The molecule has 1 aliphatic heterocycles. The molecule has 0 radical (unpaired) electrons. The average molecular weight is 397 g/mol. The Morgan fingerprint density at radius 2 is 1.73 bits per heavy atom. The lowest BCUT2D eigenvalue weighted by Gasteiger charge is -2.34. The van der Waals surface area contributed by atoms with Crippen LogP contribution in [0, 0.1) is 5.82 Å². The highest BCUT2D eigenvalue weighted by molar-refractivity contribution is 5.85. The van der Waals surface area contributed by atoms with Gasteiger partial charge in [0.2, 0.25) is 0 Å². The van der Waals surface area contributed by atoms with Gasteiger partial charge in [0.05, 0.1) is 18.6 Å². The lowest BCUT2D eigenvalue weighted by molar-refractivity contribution is -0.136. The maximum absolute atomic E-state index is 13.5. The Bertz CT molecular complexity index is 1180. The van der Waals surface area contributed by atoms with Gasteiger partial charge in [0.1, 0.15) is 11.9 Å². The van der Waals surface area contributed by atoms with Crippen molar-refractivity contribution in [2.75, 3.05) is 0 Å². The van der Waals surface area contributed by atoms with Gasteiger partial charge in [-0.05, 0) is 40.5 Å². The highest BCUT2D eigenvalue weighted by Gasteiger charge is 2.34. The lowest BCUT2D eigenvalue weighted by atomic mass is 9.97. The first-order valence-corrected chi connectivity index (χ1v) is 9.88. The monoisotopic (exact) mass is 397 g/mol. The predicted octanol–water partition coefficient (Wildman–Crippen LogP) is 4.82. The van der Waals surface area contributed by atoms with Crippen LogP contribution in [0.3, 0.4) is 0 Å². The van der Waals surface area contributed by atoms with Crippen molar-refractivity contribution in [3.05, 3.63) is 114 Å². The summed E-state index contributed by atoms with van der Waals surface area (Å²) < 4.78 is 15.3. The van der Waals surface area contributed by atoms with Gasteiger partial charge in [-0.3, -0.25) is 4.79 Å². The van der Waals surface area contributed by atoms with Crippen molar-refractivity contribution >= 4 is 5.91 Å². The molecule has 0 bridgehead atoms. The number of imidazole rings is 1. The minimum absolute atomic E-state index is 0.0422. The molecular formula is C25H20FN3O. The Hall–Kier alpha value is -3.73. The molecule has 1 aliphatic rings. The summed E-state index contributed by atoms with van der Waals surface area (Å²) >= 11 is 0. The highest BCUT2D eigenvalue weighted by atomic mass is 19.1. The molecule has 2 heterocycles. The summed E-state index contributed by atoms with van der Waals surface area (Å²) in [6, 6.07) is 23.8. The van der Waals surface area contributed by atoms with E-state index in [0.29, 0.717) is 13.1 Å². The van der Waals surface area contributed by atoms with Crippen molar-refractivity contribution in [1.82, 2.24) is 14.5 Å². The zero-order valence-corrected chi connectivity index (χ0v) is 16.3. The molecule has 0 saturated carbocycles. The molecule has 0 fully saturated rings. The van der Waals surface area contributed by atoms with Gasteiger partial charge in [0, 0.05) is 12.7 Å². The van der Waals surface area contributed by atoms with Crippen molar-refractivity contribution in [1.29, 1.82) is 0 Å². The van der Waals surface area contributed by atoms with E-state index < -0.39 is 6.04 Å². The van der Waals surface area contributed by atoms with E-state index in [-0.39, 0.29) is 11.7 Å². The molecule has 3 aromatic carbocycles. The molecule has 1 atom stereocenters. The molecule has 5 heteroatoms. The molecule has 5 rings (SSSR count). The Morgan fingerprint density at radius 3 is 2.53 bits per heavy atom. The number of hydrogen-bond acceptors (Lipinski definition) is 2. The Morgan fingerprint density at radius 1 is 0.933 bits per heavy atom. The van der Waals surface area contributed by atoms with Crippen LogP contribution in [-0.4, -0.2) is 20.4 Å². The number of halogens is 1. The topological polar surface area (TPSA) is 38.1 Å². The minimum atomic E-state index is -0.472. The Labute approximate surface area is 174 Å². The van der Waals surface area contributed by atoms with Gasteiger partial charge in [-0.25, -0.2) is 9.37 Å². The quantitative estimate of drug-likeness (QED) is 0.495. The molecule has 0 spiro atoms. The van der Waals surface area contributed by atoms with Gasteiger partial charge in [-0.15, -0.1) is 0 Å². The third kappa shape index (κ3) is 3.39. The predicted molar refractivity (Wildman–Crippen MR) is 113 cm³/mol. The van der Waals surface area contributed by atoms with Crippen LogP contribution < -0.4 is 0 Å². The summed E-state index contributed by atoms with van der Waals surface area (Å²) in [5.74, 6) is -0.224. The fourth-order valence-corrected chi connectivity index (χ4v) is 4.02. The zero-order chi connectivity index (χ0) is 20.5. The second-order valence-corrected chi connectivity index (χ2v) is 7.51. The normalized spacial score (nSPS) is 15.8. The van der Waals surface area contributed by atoms with Gasteiger partial charge >= 0.3 is 0 Å². The van der Waals surface area contributed by atoms with Crippen LogP contribution in [0.15, 0.2) is 91.4 Å². The van der Waals surface area contributed by atoms with Gasteiger partial charge in [-0.1, -0.05) is 60.7 Å². The van der Waals surface area contributed by atoms with Crippen LogP contribution in [-0.2, 0) is 17.9 Å². The van der Waals surface area contributed by atoms with E-state index >= 15 is 0 Å². The fourth-order valence-electron chi connectivity index (χ4n) is 4.02. The third-order valence-corrected chi connectivity index (χ3v) is 5.52. The van der Waals surface area contributed by atoms with Crippen LogP contribution in [0.4, 0.5) is 4.39 Å². The van der Waals surface area contributed by atoms with Crippen molar-refractivity contribution in [3.8, 4) is 11.1 Å². The van der Waals surface area contributed by atoms with Gasteiger partial charge in [0.15, 0.2) is 0 Å². The van der Waals surface area contributed by atoms with E-state index in [1.807, 2.05) is 70.3 Å². The molecule has 148 valence electrons. The lowest BCUT2D eigenvalue weighted by Crippen LogP contribution is -2.42. The van der Waals surface area contributed by atoms with Crippen molar-refractivity contribution in [3.63, 3.8) is 0 Å². The van der Waals surface area contributed by atoms with Crippen LogP contribution >= 0.6 is 0 Å². The maximum atomic E-state index is 13.5. The molecule has 1 aromatic heterocycles. The third-order valence-electron chi connectivity index (χ3n) is 5.52. The second-order valence-electron chi connectivity index (χ2n) is 7.51. The first-order valence-electron chi connectivity index (χ1n) is 9.88. The number of aromatic nitrogens is 2. The van der Waals surface area contributed by atoms with E-state index in [9.17, 15) is 9.18 Å². The number of rotatable bonds is 4. The van der Waals surface area contributed by atoms with E-state index in [2.05, 4.69) is 4.98 Å². The smallest absolute Gasteiger partial charge is 0.250 e. The van der Waals surface area contributed by atoms with E-state index in [4.69, 9.17) is 0 Å². The molecule has 4 nitrogen and oxygen atoms in total. The van der Waals surface area contributed by atoms with Crippen LogP contribution in [0.1, 0.15) is 22.9 Å². The van der Waals surface area contributed by atoms with Crippen molar-refractivity contribution < 1.29 is 9.18 Å². The molecule has 0 aliphatic carbocycles. The van der Waals surface area contributed by atoms with E-state index in [1.54, 1.807) is 18.5 Å². The van der Waals surface area contributed by atoms with Crippen LogP contribution in [0.2, 0.25) is 0 Å². The number of fused-ring (bicyclic) bond motifs is 1. The highest BCUT2D eigenvalue weighted by Crippen LogP contribution is 2.31. The summed E-state index contributed by atoms with van der Waals surface area (Å²) in [6.45, 7) is 1.08. The molecule has 1 unspecified atom stereocenters.